The molecule has 1 aromatic heterocycles. The maximum Gasteiger partial charge on any atom is 0.240 e. The van der Waals surface area contributed by atoms with Gasteiger partial charge in [0.2, 0.25) is 15.9 Å². The normalized spacial score (nSPS) is 11.4. The van der Waals surface area contributed by atoms with E-state index in [1.165, 1.54) is 11.2 Å². The summed E-state index contributed by atoms with van der Waals surface area (Å²) in [5, 5.41) is 10.1. The van der Waals surface area contributed by atoms with Gasteiger partial charge >= 0.3 is 0 Å². The number of amides is 1. The van der Waals surface area contributed by atoms with Crippen molar-refractivity contribution in [2.45, 2.75) is 38.3 Å². The van der Waals surface area contributed by atoms with Crippen molar-refractivity contribution in [3.63, 3.8) is 0 Å². The third-order valence-electron chi connectivity index (χ3n) is 4.90. The first-order valence-electron chi connectivity index (χ1n) is 9.90. The highest BCUT2D eigenvalue weighted by molar-refractivity contribution is 7.89. The Kier molecular flexibility index (Phi) is 7.14. The molecule has 0 radical (unpaired) electrons. The van der Waals surface area contributed by atoms with E-state index in [9.17, 15) is 18.3 Å². The Hall–Kier alpha value is -3.10. The summed E-state index contributed by atoms with van der Waals surface area (Å²) < 4.78 is 33.2. The number of rotatable bonds is 9. The number of nitrogens with one attached hydrogen (secondary N) is 1. The van der Waals surface area contributed by atoms with Gasteiger partial charge in [-0.1, -0.05) is 30.3 Å². The predicted molar refractivity (Wildman–Crippen MR) is 117 cm³/mol. The number of aryl methyl sites for hydroxylation is 2. The quantitative estimate of drug-likeness (QED) is 0.528. The lowest BCUT2D eigenvalue weighted by Crippen LogP contribution is -2.34. The van der Waals surface area contributed by atoms with E-state index in [0.717, 1.165) is 5.56 Å². The standard InChI is InChI=1S/C23H26N2O5S/c1-17-9-10-18(2)22(14-17)31(28,29)24-12-11-23(27)25(16-20-7-5-13-30-20)15-19-6-3-4-8-21(19)26/h3-10,13-14,24,26H,11-12,15-16H2,1-2H3. The number of carbonyl (C=O) groups is 1. The van der Waals surface area contributed by atoms with Gasteiger partial charge in [0.15, 0.2) is 0 Å². The van der Waals surface area contributed by atoms with Gasteiger partial charge in [0, 0.05) is 25.1 Å². The fourth-order valence-corrected chi connectivity index (χ4v) is 4.56. The number of aromatic hydroxyl groups is 1. The molecule has 3 rings (SSSR count). The van der Waals surface area contributed by atoms with Gasteiger partial charge in [-0.2, -0.15) is 0 Å². The zero-order chi connectivity index (χ0) is 22.4. The minimum Gasteiger partial charge on any atom is -0.508 e. The van der Waals surface area contributed by atoms with Crippen LogP contribution in [0, 0.1) is 13.8 Å². The third-order valence-corrected chi connectivity index (χ3v) is 6.50. The van der Waals surface area contributed by atoms with Crippen LogP contribution in [0.4, 0.5) is 0 Å². The van der Waals surface area contributed by atoms with Crippen molar-refractivity contribution in [3.8, 4) is 5.75 Å². The fourth-order valence-electron chi connectivity index (χ4n) is 3.20. The number of furan rings is 1. The predicted octanol–water partition coefficient (Wildman–Crippen LogP) is 3.50. The van der Waals surface area contributed by atoms with E-state index >= 15 is 0 Å². The number of benzene rings is 2. The summed E-state index contributed by atoms with van der Waals surface area (Å²) in [6, 6.07) is 15.5. The molecule has 0 unspecified atom stereocenters. The molecule has 3 aromatic rings. The number of sulfonamides is 1. The first-order chi connectivity index (χ1) is 14.8. The Labute approximate surface area is 182 Å². The molecule has 0 aliphatic heterocycles. The van der Waals surface area contributed by atoms with Crippen molar-refractivity contribution in [1.29, 1.82) is 0 Å². The summed E-state index contributed by atoms with van der Waals surface area (Å²) in [7, 11) is -3.73. The van der Waals surface area contributed by atoms with E-state index < -0.39 is 10.0 Å². The molecule has 164 valence electrons. The number of phenols is 1. The summed E-state index contributed by atoms with van der Waals surface area (Å²) >= 11 is 0. The Morgan fingerprint density at radius 3 is 2.55 bits per heavy atom. The molecule has 0 bridgehead atoms. The van der Waals surface area contributed by atoms with Crippen LogP contribution in [0.25, 0.3) is 0 Å². The van der Waals surface area contributed by atoms with Crippen LogP contribution < -0.4 is 4.72 Å². The van der Waals surface area contributed by atoms with Gasteiger partial charge in [0.1, 0.15) is 11.5 Å². The van der Waals surface area contributed by atoms with Crippen molar-refractivity contribution < 1.29 is 22.7 Å². The molecule has 0 atom stereocenters. The van der Waals surface area contributed by atoms with Crippen LogP contribution in [0.1, 0.15) is 28.9 Å². The lowest BCUT2D eigenvalue weighted by atomic mass is 10.1. The fraction of sp³-hybridized carbons (Fsp3) is 0.261. The Bertz CT molecular complexity index is 1140. The van der Waals surface area contributed by atoms with Gasteiger partial charge < -0.3 is 14.4 Å². The summed E-state index contributed by atoms with van der Waals surface area (Å²) in [4.78, 5) is 14.6. The van der Waals surface area contributed by atoms with E-state index in [4.69, 9.17) is 4.42 Å². The molecule has 31 heavy (non-hydrogen) atoms. The molecular weight excluding hydrogens is 416 g/mol. The number of phenolic OH excluding ortho intramolecular Hbond substituents is 1. The summed E-state index contributed by atoms with van der Waals surface area (Å²) in [6.07, 6.45) is 1.49. The van der Waals surface area contributed by atoms with Crippen molar-refractivity contribution in [2.24, 2.45) is 0 Å². The monoisotopic (exact) mass is 442 g/mol. The molecule has 0 aliphatic carbocycles. The van der Waals surface area contributed by atoms with Gasteiger partial charge in [-0.25, -0.2) is 13.1 Å². The van der Waals surface area contributed by atoms with Crippen LogP contribution in [0.5, 0.6) is 5.75 Å². The Balaban J connectivity index is 1.68. The number of nitrogens with zero attached hydrogens (tertiary/aromatic N) is 1. The molecule has 7 nitrogen and oxygen atoms in total. The highest BCUT2D eigenvalue weighted by atomic mass is 32.2. The smallest absolute Gasteiger partial charge is 0.240 e. The topological polar surface area (TPSA) is 99.9 Å². The van der Waals surface area contributed by atoms with Crippen LogP contribution in [0.3, 0.4) is 0 Å². The molecule has 0 fully saturated rings. The molecular formula is C23H26N2O5S. The van der Waals surface area contributed by atoms with Crippen LogP contribution in [-0.4, -0.2) is 30.9 Å². The molecule has 0 aliphatic rings. The minimum absolute atomic E-state index is 0.0294. The lowest BCUT2D eigenvalue weighted by Gasteiger charge is -2.22. The SMILES string of the molecule is Cc1ccc(C)c(S(=O)(=O)NCCC(=O)N(Cc2ccco2)Cc2ccccc2O)c1. The number of hydrogen-bond donors (Lipinski definition) is 2. The van der Waals surface area contributed by atoms with Crippen molar-refractivity contribution >= 4 is 15.9 Å². The lowest BCUT2D eigenvalue weighted by molar-refractivity contribution is -0.132. The maximum atomic E-state index is 12.9. The third kappa shape index (κ3) is 5.96. The van der Waals surface area contributed by atoms with E-state index in [1.54, 1.807) is 55.5 Å². The molecule has 0 spiro atoms. The molecule has 2 N–H and O–H groups in total. The van der Waals surface area contributed by atoms with Crippen molar-refractivity contribution in [1.82, 2.24) is 9.62 Å². The zero-order valence-electron chi connectivity index (χ0n) is 17.5. The van der Waals surface area contributed by atoms with E-state index in [2.05, 4.69) is 4.72 Å². The van der Waals surface area contributed by atoms with E-state index in [0.29, 0.717) is 16.9 Å². The Morgan fingerprint density at radius 1 is 1.06 bits per heavy atom. The van der Waals surface area contributed by atoms with Gasteiger partial charge in [-0.15, -0.1) is 0 Å². The number of hydrogen-bond acceptors (Lipinski definition) is 5. The summed E-state index contributed by atoms with van der Waals surface area (Å²) in [6.45, 7) is 3.91. The van der Waals surface area contributed by atoms with Gasteiger partial charge in [0.05, 0.1) is 17.7 Å². The van der Waals surface area contributed by atoms with Gasteiger partial charge in [-0.05, 0) is 49.2 Å². The summed E-state index contributed by atoms with van der Waals surface area (Å²) in [5.74, 6) is 0.429. The van der Waals surface area contributed by atoms with E-state index in [1.807, 2.05) is 13.0 Å². The van der Waals surface area contributed by atoms with E-state index in [-0.39, 0.29) is 42.6 Å². The highest BCUT2D eigenvalue weighted by Crippen LogP contribution is 2.20. The van der Waals surface area contributed by atoms with Crippen molar-refractivity contribution in [3.05, 3.63) is 83.3 Å². The summed E-state index contributed by atoms with van der Waals surface area (Å²) in [5.41, 5.74) is 2.08. The van der Waals surface area contributed by atoms with Crippen LogP contribution >= 0.6 is 0 Å². The highest BCUT2D eigenvalue weighted by Gasteiger charge is 2.20. The van der Waals surface area contributed by atoms with Crippen LogP contribution in [0.15, 0.2) is 70.2 Å². The molecule has 1 heterocycles. The average molecular weight is 443 g/mol. The second kappa shape index (κ2) is 9.80. The molecule has 1 amide bonds. The van der Waals surface area contributed by atoms with Gasteiger partial charge in [-0.3, -0.25) is 4.79 Å². The van der Waals surface area contributed by atoms with Crippen LogP contribution in [-0.2, 0) is 27.9 Å². The Morgan fingerprint density at radius 2 is 1.84 bits per heavy atom. The van der Waals surface area contributed by atoms with Gasteiger partial charge in [0.25, 0.3) is 0 Å². The molecule has 0 saturated heterocycles. The maximum absolute atomic E-state index is 12.9. The minimum atomic E-state index is -3.73. The zero-order valence-corrected chi connectivity index (χ0v) is 18.4. The first-order valence-corrected chi connectivity index (χ1v) is 11.4. The molecule has 2 aromatic carbocycles. The van der Waals surface area contributed by atoms with Crippen molar-refractivity contribution in [2.75, 3.05) is 6.54 Å². The number of carbonyl (C=O) groups excluding carboxylic acids is 1. The molecule has 8 heteroatoms. The largest absolute Gasteiger partial charge is 0.508 e. The second-order valence-electron chi connectivity index (χ2n) is 7.37. The van der Waals surface area contributed by atoms with Crippen LogP contribution in [0.2, 0.25) is 0 Å². The average Bonchev–Trinajstić information content (AvgIpc) is 3.24. The second-order valence-corrected chi connectivity index (χ2v) is 9.11. The first kappa shape index (κ1) is 22.6. The molecule has 0 saturated carbocycles. The number of para-hydroxylation sites is 1.